The number of carbonyl (C=O) groups excluding carboxylic acids is 3. The van der Waals surface area contributed by atoms with E-state index in [4.69, 9.17) is 27.9 Å². The summed E-state index contributed by atoms with van der Waals surface area (Å²) < 4.78 is 5.50. The number of amides is 2. The molecule has 0 aliphatic carbocycles. The second-order valence-electron chi connectivity index (χ2n) is 6.01. The van der Waals surface area contributed by atoms with Gasteiger partial charge in [-0.2, -0.15) is 0 Å². The van der Waals surface area contributed by atoms with Gasteiger partial charge in [0.25, 0.3) is 5.91 Å². The first kappa shape index (κ1) is 19.1. The molecule has 0 bridgehead atoms. The van der Waals surface area contributed by atoms with Crippen molar-refractivity contribution < 1.29 is 19.1 Å². The third-order valence-corrected chi connectivity index (χ3v) is 4.64. The number of fused-ring (bicyclic) bond motifs is 1. The molecule has 0 saturated carbocycles. The van der Waals surface area contributed by atoms with E-state index < -0.39 is 11.8 Å². The Bertz CT molecular complexity index is 1010. The van der Waals surface area contributed by atoms with Crippen molar-refractivity contribution in [3.63, 3.8) is 0 Å². The minimum atomic E-state index is -0.536. The molecule has 2 amide bonds. The largest absolute Gasteiger partial charge is 0.495 e. The number of imide groups is 1. The highest BCUT2D eigenvalue weighted by Gasteiger charge is 2.38. The molecule has 0 radical (unpaired) electrons. The zero-order valence-corrected chi connectivity index (χ0v) is 16.3. The van der Waals surface area contributed by atoms with Crippen LogP contribution in [-0.4, -0.2) is 24.7 Å². The third-order valence-electron chi connectivity index (χ3n) is 4.20. The minimum Gasteiger partial charge on any atom is -0.495 e. The van der Waals surface area contributed by atoms with E-state index in [0.29, 0.717) is 32.4 Å². The fourth-order valence-corrected chi connectivity index (χ4v) is 3.59. The molecule has 1 aliphatic rings. The molecule has 2 aromatic carbocycles. The summed E-state index contributed by atoms with van der Waals surface area (Å²) in [6, 6.07) is 9.52. The fraction of sp³-hybridized carbons (Fsp3) is 0.150. The fourth-order valence-electron chi connectivity index (χ4n) is 3.07. The Kier molecular flexibility index (Phi) is 5.09. The quantitative estimate of drug-likeness (QED) is 0.426. The predicted octanol–water partition coefficient (Wildman–Crippen LogP) is 4.60. The Balaban J connectivity index is 2.35. The first-order valence-corrected chi connectivity index (χ1v) is 8.75. The summed E-state index contributed by atoms with van der Waals surface area (Å²) in [6.07, 6.45) is 0. The molecule has 3 rings (SSSR count). The van der Waals surface area contributed by atoms with E-state index >= 15 is 0 Å². The molecule has 27 heavy (non-hydrogen) atoms. The lowest BCUT2D eigenvalue weighted by atomic mass is 9.99. The Morgan fingerprint density at radius 2 is 1.59 bits per heavy atom. The van der Waals surface area contributed by atoms with Gasteiger partial charge in [-0.3, -0.25) is 14.4 Å². The van der Waals surface area contributed by atoms with Gasteiger partial charge in [-0.05, 0) is 43.3 Å². The van der Waals surface area contributed by atoms with Crippen LogP contribution in [0.2, 0.25) is 10.0 Å². The van der Waals surface area contributed by atoms with Gasteiger partial charge < -0.3 is 4.74 Å². The second-order valence-corrected chi connectivity index (χ2v) is 6.89. The number of ketones is 1. The highest BCUT2D eigenvalue weighted by molar-refractivity contribution is 6.43. The number of methoxy groups -OCH3 is 1. The van der Waals surface area contributed by atoms with Crippen LogP contribution >= 0.6 is 23.2 Å². The maximum Gasteiger partial charge on any atom is 0.269 e. The van der Waals surface area contributed by atoms with Gasteiger partial charge in [0.15, 0.2) is 5.78 Å². The van der Waals surface area contributed by atoms with Crippen LogP contribution < -0.4 is 4.90 Å². The van der Waals surface area contributed by atoms with E-state index in [2.05, 4.69) is 0 Å². The van der Waals surface area contributed by atoms with E-state index in [1.807, 2.05) is 0 Å². The summed E-state index contributed by atoms with van der Waals surface area (Å²) in [5.41, 5.74) is 1.92. The normalized spacial score (nSPS) is 14.9. The molecule has 138 valence electrons. The summed E-state index contributed by atoms with van der Waals surface area (Å²) in [7, 11) is 1.41. The maximum absolute atomic E-state index is 13.0. The van der Waals surface area contributed by atoms with Crippen LogP contribution in [0.3, 0.4) is 0 Å². The number of halogens is 2. The van der Waals surface area contributed by atoms with Gasteiger partial charge >= 0.3 is 0 Å². The monoisotopic (exact) mass is 403 g/mol. The molecule has 0 N–H and O–H groups in total. The molecule has 0 fully saturated rings. The van der Waals surface area contributed by atoms with E-state index in [1.165, 1.54) is 21.0 Å². The lowest BCUT2D eigenvalue weighted by Crippen LogP contribution is -2.31. The van der Waals surface area contributed by atoms with Crippen LogP contribution in [0, 0.1) is 0 Å². The van der Waals surface area contributed by atoms with Crippen molar-refractivity contribution in [2.45, 2.75) is 13.8 Å². The van der Waals surface area contributed by atoms with Crippen molar-refractivity contribution in [1.82, 2.24) is 0 Å². The predicted molar refractivity (Wildman–Crippen MR) is 105 cm³/mol. The van der Waals surface area contributed by atoms with Crippen molar-refractivity contribution in [2.24, 2.45) is 0 Å². The lowest BCUT2D eigenvalue weighted by Gasteiger charge is -2.13. The van der Waals surface area contributed by atoms with Crippen LogP contribution in [0.1, 0.15) is 35.3 Å². The van der Waals surface area contributed by atoms with Gasteiger partial charge in [0, 0.05) is 33.7 Å². The zero-order chi connectivity index (χ0) is 19.9. The molecule has 5 nitrogen and oxygen atoms in total. The van der Waals surface area contributed by atoms with Crippen LogP contribution in [0.4, 0.5) is 5.69 Å². The number of hydrogen-bond donors (Lipinski definition) is 0. The molecule has 2 aromatic rings. The van der Waals surface area contributed by atoms with Crippen LogP contribution in [0.5, 0.6) is 0 Å². The molecule has 0 unspecified atom stereocenters. The van der Waals surface area contributed by atoms with Crippen molar-refractivity contribution in [2.75, 3.05) is 12.0 Å². The summed E-state index contributed by atoms with van der Waals surface area (Å²) in [5.74, 6) is -0.914. The lowest BCUT2D eigenvalue weighted by molar-refractivity contribution is -0.122. The molecule has 1 heterocycles. The summed E-state index contributed by atoms with van der Waals surface area (Å²) in [4.78, 5) is 38.0. The smallest absolute Gasteiger partial charge is 0.269 e. The second kappa shape index (κ2) is 7.18. The van der Waals surface area contributed by atoms with Gasteiger partial charge in [-0.25, -0.2) is 4.90 Å². The number of benzene rings is 2. The molecule has 0 spiro atoms. The van der Waals surface area contributed by atoms with E-state index in [0.717, 1.165) is 4.90 Å². The van der Waals surface area contributed by atoms with Crippen molar-refractivity contribution in [3.05, 3.63) is 63.1 Å². The van der Waals surface area contributed by atoms with Crippen molar-refractivity contribution in [1.29, 1.82) is 0 Å². The number of carbonyl (C=O) groups is 3. The molecule has 0 atom stereocenters. The average molecular weight is 404 g/mol. The summed E-state index contributed by atoms with van der Waals surface area (Å²) >= 11 is 12.2. The summed E-state index contributed by atoms with van der Waals surface area (Å²) in [6.45, 7) is 2.73. The van der Waals surface area contributed by atoms with Crippen LogP contribution in [0.25, 0.3) is 11.3 Å². The number of hydrogen-bond acceptors (Lipinski definition) is 4. The Hall–Kier alpha value is -2.63. The summed E-state index contributed by atoms with van der Waals surface area (Å²) in [5, 5.41) is 0.749. The number of rotatable bonds is 3. The Labute approximate surface area is 166 Å². The number of anilines is 1. The first-order valence-electron chi connectivity index (χ1n) is 7.99. The number of ether oxygens (including phenoxy) is 1. The highest BCUT2D eigenvalue weighted by atomic mass is 35.5. The SMILES string of the molecule is CO/C(=C1\C(=O)N(C(C)=O)c2ccc(C(C)=O)cc21)c1cc(Cl)cc(Cl)c1. The molecule has 0 aromatic heterocycles. The van der Waals surface area contributed by atoms with Crippen LogP contribution in [0.15, 0.2) is 36.4 Å². The van der Waals surface area contributed by atoms with Gasteiger partial charge in [0.2, 0.25) is 5.91 Å². The maximum atomic E-state index is 13.0. The van der Waals surface area contributed by atoms with Crippen molar-refractivity contribution in [3.8, 4) is 0 Å². The van der Waals surface area contributed by atoms with E-state index in [9.17, 15) is 14.4 Å². The molecule has 1 aliphatic heterocycles. The zero-order valence-electron chi connectivity index (χ0n) is 14.8. The first-order chi connectivity index (χ1) is 12.7. The van der Waals surface area contributed by atoms with E-state index in [1.54, 1.807) is 36.4 Å². The van der Waals surface area contributed by atoms with Gasteiger partial charge in [0.05, 0.1) is 18.4 Å². The van der Waals surface area contributed by atoms with Gasteiger partial charge in [-0.1, -0.05) is 23.2 Å². The standard InChI is InChI=1S/C20H15Cl2NO4/c1-10(24)12-4-5-17-16(8-12)18(20(26)23(17)11(2)25)19(27-3)13-6-14(21)9-15(22)7-13/h4-9H,1-3H3/b19-18-. The third kappa shape index (κ3) is 3.36. The van der Waals surface area contributed by atoms with Crippen LogP contribution in [-0.2, 0) is 14.3 Å². The Morgan fingerprint density at radius 3 is 2.11 bits per heavy atom. The molecule has 0 saturated heterocycles. The highest BCUT2D eigenvalue weighted by Crippen LogP contribution is 2.42. The molecule has 7 heteroatoms. The topological polar surface area (TPSA) is 63.7 Å². The Morgan fingerprint density at radius 1 is 0.963 bits per heavy atom. The molecular formula is C20H15Cl2NO4. The minimum absolute atomic E-state index is 0.157. The number of nitrogens with zero attached hydrogens (tertiary/aromatic N) is 1. The van der Waals surface area contributed by atoms with Gasteiger partial charge in [-0.15, -0.1) is 0 Å². The molecular weight excluding hydrogens is 389 g/mol. The van der Waals surface area contributed by atoms with Gasteiger partial charge in [0.1, 0.15) is 5.76 Å². The van der Waals surface area contributed by atoms with E-state index in [-0.39, 0.29) is 17.1 Å². The van der Waals surface area contributed by atoms with Crippen molar-refractivity contribution >= 4 is 57.8 Å². The average Bonchev–Trinajstić information content (AvgIpc) is 2.86. The number of Topliss-reactive ketones (excluding diaryl/α,β-unsaturated/α-hetero) is 1.